The van der Waals surface area contributed by atoms with Gasteiger partial charge in [-0.25, -0.2) is 37.6 Å². The Kier molecular flexibility index (Phi) is 5.60. The largest absolute Gasteiger partial charge is 0.457 e. The highest BCUT2D eigenvalue weighted by Gasteiger charge is 2.28. The minimum atomic E-state index is -3.44. The van der Waals surface area contributed by atoms with Gasteiger partial charge in [0.2, 0.25) is 16.0 Å². The number of rotatable bonds is 5. The highest BCUT2D eigenvalue weighted by atomic mass is 32.2. The summed E-state index contributed by atoms with van der Waals surface area (Å²) in [5.41, 5.74) is 4.54. The van der Waals surface area contributed by atoms with Gasteiger partial charge in [0.25, 0.3) is 0 Å². The van der Waals surface area contributed by atoms with E-state index in [2.05, 4.69) is 30.2 Å². The van der Waals surface area contributed by atoms with Gasteiger partial charge in [-0.15, -0.1) is 0 Å². The van der Waals surface area contributed by atoms with Crippen molar-refractivity contribution in [3.05, 3.63) is 60.8 Å². The number of nitrogens with zero attached hydrogens (tertiary/aromatic N) is 7. The number of aromatic nitrogens is 6. The Morgan fingerprint density at radius 3 is 2.73 bits per heavy atom. The van der Waals surface area contributed by atoms with Crippen LogP contribution in [0.5, 0.6) is 11.5 Å². The normalized spacial score (nSPS) is 15.2. The smallest absolute Gasteiger partial charge is 0.240 e. The summed E-state index contributed by atoms with van der Waals surface area (Å²) in [5, 5.41) is 3.28. The van der Waals surface area contributed by atoms with Crippen LogP contribution in [0.25, 0.3) is 22.1 Å². The van der Waals surface area contributed by atoms with E-state index in [0.717, 1.165) is 28.7 Å². The van der Waals surface area contributed by atoms with Gasteiger partial charge in [-0.3, -0.25) is 0 Å². The predicted molar refractivity (Wildman–Crippen MR) is 141 cm³/mol. The van der Waals surface area contributed by atoms with Crippen LogP contribution >= 0.6 is 0 Å². The molecule has 37 heavy (non-hydrogen) atoms. The minimum absolute atomic E-state index is 0.0915. The average molecular weight is 517 g/mol. The van der Waals surface area contributed by atoms with Crippen molar-refractivity contribution in [3.8, 4) is 11.5 Å². The lowest BCUT2D eigenvalue weighted by Crippen LogP contribution is -2.39. The summed E-state index contributed by atoms with van der Waals surface area (Å²) >= 11 is 0. The molecule has 0 amide bonds. The van der Waals surface area contributed by atoms with E-state index in [1.54, 1.807) is 6.33 Å². The summed E-state index contributed by atoms with van der Waals surface area (Å²) in [5.74, 6) is 2.10. The number of hydrogen-bond donors (Lipinski definition) is 1. The van der Waals surface area contributed by atoms with E-state index in [-0.39, 0.29) is 11.7 Å². The van der Waals surface area contributed by atoms with Crippen molar-refractivity contribution in [1.29, 1.82) is 0 Å². The van der Waals surface area contributed by atoms with Gasteiger partial charge in [-0.05, 0) is 55.7 Å². The standard InChI is InChI=1S/C25H24N8O3S/c1-16-11-17(5-8-22(16)36-18-6-7-21-19(12-18)29-15-32(21)2)30-24-23-20(27-14-28-24)13-26-25(31-23)33-9-3-4-10-37(33,34)35/h5-8,11-15H,3-4,9-10H2,1-2H3,(H,27,28,30). The molecular weight excluding hydrogens is 492 g/mol. The zero-order chi connectivity index (χ0) is 25.6. The Morgan fingerprint density at radius 1 is 1.00 bits per heavy atom. The zero-order valence-electron chi connectivity index (χ0n) is 20.3. The monoisotopic (exact) mass is 516 g/mol. The quantitative estimate of drug-likeness (QED) is 0.367. The Labute approximate surface area is 213 Å². The fourth-order valence-corrected chi connectivity index (χ4v) is 5.89. The molecule has 12 heteroatoms. The second-order valence-electron chi connectivity index (χ2n) is 8.93. The Hall–Kier alpha value is -4.32. The lowest BCUT2D eigenvalue weighted by molar-refractivity contribution is 0.479. The first-order chi connectivity index (χ1) is 17.9. The Balaban J connectivity index is 1.27. The van der Waals surface area contributed by atoms with Gasteiger partial charge < -0.3 is 14.6 Å². The van der Waals surface area contributed by atoms with Gasteiger partial charge in [-0.2, -0.15) is 0 Å². The molecule has 1 aliphatic heterocycles. The van der Waals surface area contributed by atoms with Crippen LogP contribution in [0.3, 0.4) is 0 Å². The van der Waals surface area contributed by atoms with Gasteiger partial charge in [0, 0.05) is 25.3 Å². The number of imidazole rings is 1. The summed E-state index contributed by atoms with van der Waals surface area (Å²) in [4.78, 5) is 21.8. The van der Waals surface area contributed by atoms with Crippen LogP contribution < -0.4 is 14.4 Å². The van der Waals surface area contributed by atoms with Crippen molar-refractivity contribution in [2.24, 2.45) is 7.05 Å². The van der Waals surface area contributed by atoms with Crippen LogP contribution in [-0.4, -0.2) is 50.2 Å². The first kappa shape index (κ1) is 23.1. The molecule has 1 aliphatic rings. The van der Waals surface area contributed by atoms with Crippen LogP contribution in [0.15, 0.2) is 55.2 Å². The van der Waals surface area contributed by atoms with E-state index in [4.69, 9.17) is 4.74 Å². The summed E-state index contributed by atoms with van der Waals surface area (Å²) in [7, 11) is -1.48. The number of hydrogen-bond acceptors (Lipinski definition) is 9. The average Bonchev–Trinajstić information content (AvgIpc) is 3.25. The molecule has 0 saturated carbocycles. The van der Waals surface area contributed by atoms with Crippen LogP contribution in [-0.2, 0) is 17.1 Å². The van der Waals surface area contributed by atoms with Gasteiger partial charge in [0.05, 0.1) is 29.3 Å². The lowest BCUT2D eigenvalue weighted by atomic mass is 10.2. The maximum atomic E-state index is 12.5. The van der Waals surface area contributed by atoms with Crippen molar-refractivity contribution in [1.82, 2.24) is 29.5 Å². The second kappa shape index (κ2) is 8.96. The van der Waals surface area contributed by atoms with Crippen LogP contribution in [0.2, 0.25) is 0 Å². The third kappa shape index (κ3) is 4.40. The molecule has 1 fully saturated rings. The molecule has 0 spiro atoms. The molecule has 1 saturated heterocycles. The molecule has 2 aromatic carbocycles. The Bertz CT molecular complexity index is 1750. The molecule has 188 valence electrons. The molecule has 6 rings (SSSR count). The lowest BCUT2D eigenvalue weighted by Gasteiger charge is -2.26. The maximum absolute atomic E-state index is 12.5. The molecule has 4 heterocycles. The van der Waals surface area contributed by atoms with E-state index in [1.165, 1.54) is 16.8 Å². The molecular formula is C25H24N8O3S. The van der Waals surface area contributed by atoms with Gasteiger partial charge >= 0.3 is 0 Å². The molecule has 0 unspecified atom stereocenters. The molecule has 3 aromatic heterocycles. The van der Waals surface area contributed by atoms with E-state index in [9.17, 15) is 8.42 Å². The molecule has 0 aliphatic carbocycles. The number of anilines is 3. The van der Waals surface area contributed by atoms with Gasteiger partial charge in [0.15, 0.2) is 5.82 Å². The van der Waals surface area contributed by atoms with Gasteiger partial charge in [0.1, 0.15) is 28.9 Å². The van der Waals surface area contributed by atoms with Crippen molar-refractivity contribution >= 4 is 49.5 Å². The molecule has 0 atom stereocenters. The number of sulfonamides is 1. The molecule has 11 nitrogen and oxygen atoms in total. The second-order valence-corrected chi connectivity index (χ2v) is 10.9. The predicted octanol–water partition coefficient (Wildman–Crippen LogP) is 4.08. The van der Waals surface area contributed by atoms with Crippen molar-refractivity contribution in [2.45, 2.75) is 19.8 Å². The zero-order valence-corrected chi connectivity index (χ0v) is 21.1. The summed E-state index contributed by atoms with van der Waals surface area (Å²) in [6.07, 6.45) is 6.12. The fourth-order valence-electron chi connectivity index (χ4n) is 4.35. The number of aryl methyl sites for hydroxylation is 2. The van der Waals surface area contributed by atoms with Crippen molar-refractivity contribution in [2.75, 3.05) is 21.9 Å². The summed E-state index contributed by atoms with van der Waals surface area (Å²) < 4.78 is 34.4. The number of fused-ring (bicyclic) bond motifs is 2. The van der Waals surface area contributed by atoms with E-state index >= 15 is 0 Å². The third-order valence-electron chi connectivity index (χ3n) is 6.30. The maximum Gasteiger partial charge on any atom is 0.240 e. The number of benzene rings is 2. The van der Waals surface area contributed by atoms with Crippen molar-refractivity contribution < 1.29 is 13.2 Å². The number of ether oxygens (including phenoxy) is 1. The highest BCUT2D eigenvalue weighted by molar-refractivity contribution is 7.92. The van der Waals surface area contributed by atoms with Crippen LogP contribution in [0.1, 0.15) is 18.4 Å². The third-order valence-corrected chi connectivity index (χ3v) is 8.12. The number of nitrogens with one attached hydrogen (secondary N) is 1. The SMILES string of the molecule is Cc1cc(Nc2ncnc3cnc(N4CCCCS4(=O)=O)nc23)ccc1Oc1ccc2c(c1)ncn2C. The first-order valence-corrected chi connectivity index (χ1v) is 13.4. The molecule has 5 aromatic rings. The first-order valence-electron chi connectivity index (χ1n) is 11.8. The summed E-state index contributed by atoms with van der Waals surface area (Å²) in [6.45, 7) is 2.32. The molecule has 0 radical (unpaired) electrons. The van der Waals surface area contributed by atoms with Crippen LogP contribution in [0, 0.1) is 6.92 Å². The van der Waals surface area contributed by atoms with E-state index in [1.807, 2.05) is 54.9 Å². The van der Waals surface area contributed by atoms with Crippen molar-refractivity contribution in [3.63, 3.8) is 0 Å². The molecule has 0 bridgehead atoms. The molecule has 1 N–H and O–H groups in total. The van der Waals surface area contributed by atoms with E-state index < -0.39 is 10.0 Å². The fraction of sp³-hybridized carbons (Fsp3) is 0.240. The highest BCUT2D eigenvalue weighted by Crippen LogP contribution is 2.31. The summed E-state index contributed by atoms with van der Waals surface area (Å²) in [6, 6.07) is 11.5. The topological polar surface area (TPSA) is 128 Å². The van der Waals surface area contributed by atoms with Crippen LogP contribution in [0.4, 0.5) is 17.5 Å². The Morgan fingerprint density at radius 2 is 1.89 bits per heavy atom. The van der Waals surface area contributed by atoms with Gasteiger partial charge in [-0.1, -0.05) is 0 Å². The van der Waals surface area contributed by atoms with E-state index in [0.29, 0.717) is 41.3 Å². The minimum Gasteiger partial charge on any atom is -0.457 e.